The third-order valence-corrected chi connectivity index (χ3v) is 1.80. The van der Waals surface area contributed by atoms with Gasteiger partial charge in [0.2, 0.25) is 0 Å². The van der Waals surface area contributed by atoms with Gasteiger partial charge in [0.05, 0.1) is 14.2 Å². The highest BCUT2D eigenvalue weighted by molar-refractivity contribution is 5.97. The molecule has 15 heavy (non-hydrogen) atoms. The van der Waals surface area contributed by atoms with Crippen molar-refractivity contribution in [3.05, 3.63) is 12.2 Å². The van der Waals surface area contributed by atoms with Gasteiger partial charge < -0.3 is 9.47 Å². The highest BCUT2D eigenvalue weighted by Gasteiger charge is 2.22. The zero-order valence-corrected chi connectivity index (χ0v) is 8.98. The number of carbonyl (C=O) groups is 3. The highest BCUT2D eigenvalue weighted by Crippen LogP contribution is 2.07. The summed E-state index contributed by atoms with van der Waals surface area (Å²) in [6.45, 7) is 1.30. The molecule has 0 N–H and O–H groups in total. The Hall–Kier alpha value is -1.65. The third kappa shape index (κ3) is 4.95. The lowest BCUT2D eigenvalue weighted by molar-refractivity contribution is -0.148. The largest absolute Gasteiger partial charge is 0.468 e. The van der Waals surface area contributed by atoms with Crippen LogP contribution in [-0.2, 0) is 23.9 Å². The molecule has 0 bridgehead atoms. The fraction of sp³-hybridized carbons (Fsp3) is 0.500. The first-order valence-electron chi connectivity index (χ1n) is 4.35. The molecule has 0 aliphatic carbocycles. The number of hydrogen-bond donors (Lipinski definition) is 0. The number of methoxy groups -OCH3 is 2. The molecular weight excluding hydrogens is 200 g/mol. The first kappa shape index (κ1) is 13.4. The molecule has 0 spiro atoms. The van der Waals surface area contributed by atoms with Crippen LogP contribution in [0.25, 0.3) is 0 Å². The molecule has 0 aromatic heterocycles. The van der Waals surface area contributed by atoms with Gasteiger partial charge in [0.25, 0.3) is 0 Å². The van der Waals surface area contributed by atoms with Gasteiger partial charge >= 0.3 is 11.9 Å². The molecule has 0 aliphatic heterocycles. The predicted octanol–water partition coefficient (Wildman–Crippen LogP) is 0.484. The first-order valence-corrected chi connectivity index (χ1v) is 4.35. The Bertz CT molecular complexity index is 280. The van der Waals surface area contributed by atoms with E-state index in [1.807, 2.05) is 0 Å². The van der Waals surface area contributed by atoms with Crippen LogP contribution in [0.5, 0.6) is 0 Å². The van der Waals surface area contributed by atoms with E-state index in [0.717, 1.165) is 0 Å². The maximum Gasteiger partial charge on any atom is 0.330 e. The van der Waals surface area contributed by atoms with E-state index in [0.29, 0.717) is 0 Å². The quantitative estimate of drug-likeness (QED) is 0.378. The van der Waals surface area contributed by atoms with E-state index < -0.39 is 17.9 Å². The van der Waals surface area contributed by atoms with Gasteiger partial charge in [-0.15, -0.1) is 0 Å². The van der Waals surface area contributed by atoms with Crippen molar-refractivity contribution in [2.75, 3.05) is 14.2 Å². The number of Topliss-reactive ketones (excluding diaryl/α,β-unsaturated/α-hetero) is 1. The zero-order chi connectivity index (χ0) is 11.8. The van der Waals surface area contributed by atoms with Crippen LogP contribution in [-0.4, -0.2) is 31.9 Å². The van der Waals surface area contributed by atoms with Crippen molar-refractivity contribution in [2.45, 2.75) is 13.3 Å². The minimum absolute atomic E-state index is 0.136. The summed E-state index contributed by atoms with van der Waals surface area (Å²) < 4.78 is 8.80. The maximum absolute atomic E-state index is 11.1. The molecule has 0 aromatic carbocycles. The van der Waals surface area contributed by atoms with Gasteiger partial charge in [-0.05, 0) is 13.3 Å². The molecule has 0 amide bonds. The number of carbonyl (C=O) groups excluding carboxylic acids is 3. The van der Waals surface area contributed by atoms with E-state index in [1.54, 1.807) is 0 Å². The van der Waals surface area contributed by atoms with Gasteiger partial charge in [0.15, 0.2) is 0 Å². The second kappa shape index (κ2) is 6.75. The van der Waals surface area contributed by atoms with E-state index in [1.165, 1.54) is 33.3 Å². The summed E-state index contributed by atoms with van der Waals surface area (Å²) in [6, 6.07) is 0. The summed E-state index contributed by atoms with van der Waals surface area (Å²) in [5.74, 6) is -2.27. The standard InChI is InChI=1S/C10H14O5/c1-7(11)8(10(13)15-3)5-4-6-9(12)14-2/h4,6,8H,5H2,1-3H3/b6-4+. The minimum atomic E-state index is -0.851. The Balaban J connectivity index is 4.32. The molecule has 1 atom stereocenters. The van der Waals surface area contributed by atoms with Crippen molar-refractivity contribution < 1.29 is 23.9 Å². The first-order chi connectivity index (χ1) is 7.02. The van der Waals surface area contributed by atoms with Crippen molar-refractivity contribution >= 4 is 17.7 Å². The van der Waals surface area contributed by atoms with Crippen LogP contribution in [0.4, 0.5) is 0 Å². The molecule has 0 fully saturated rings. The lowest BCUT2D eigenvalue weighted by Gasteiger charge is -2.07. The molecule has 0 heterocycles. The molecule has 0 aliphatic rings. The van der Waals surface area contributed by atoms with Crippen LogP contribution in [0.3, 0.4) is 0 Å². The summed E-state index contributed by atoms with van der Waals surface area (Å²) in [5.41, 5.74) is 0. The van der Waals surface area contributed by atoms with Crippen LogP contribution in [0.2, 0.25) is 0 Å². The molecular formula is C10H14O5. The van der Waals surface area contributed by atoms with E-state index >= 15 is 0 Å². The van der Waals surface area contributed by atoms with E-state index in [4.69, 9.17) is 0 Å². The van der Waals surface area contributed by atoms with Crippen molar-refractivity contribution in [2.24, 2.45) is 5.92 Å². The number of allylic oxidation sites excluding steroid dienone is 1. The van der Waals surface area contributed by atoms with Crippen LogP contribution in [0.1, 0.15) is 13.3 Å². The maximum atomic E-state index is 11.1. The Morgan fingerprint density at radius 2 is 1.80 bits per heavy atom. The fourth-order valence-electron chi connectivity index (χ4n) is 0.939. The summed E-state index contributed by atoms with van der Waals surface area (Å²) in [7, 11) is 2.46. The summed E-state index contributed by atoms with van der Waals surface area (Å²) in [4.78, 5) is 32.8. The normalized spacial score (nSPS) is 12.2. The summed E-state index contributed by atoms with van der Waals surface area (Å²) in [5, 5.41) is 0. The Morgan fingerprint density at radius 1 is 1.20 bits per heavy atom. The lowest BCUT2D eigenvalue weighted by Crippen LogP contribution is -2.22. The molecule has 5 nitrogen and oxygen atoms in total. The Morgan fingerprint density at radius 3 is 2.20 bits per heavy atom. The smallest absolute Gasteiger partial charge is 0.330 e. The van der Waals surface area contributed by atoms with E-state index in [2.05, 4.69) is 9.47 Å². The molecule has 84 valence electrons. The number of ether oxygens (including phenoxy) is 2. The zero-order valence-electron chi connectivity index (χ0n) is 8.98. The fourth-order valence-corrected chi connectivity index (χ4v) is 0.939. The van der Waals surface area contributed by atoms with Crippen LogP contribution >= 0.6 is 0 Å². The molecule has 0 saturated carbocycles. The van der Waals surface area contributed by atoms with Gasteiger partial charge in [-0.25, -0.2) is 4.79 Å². The van der Waals surface area contributed by atoms with Crippen LogP contribution < -0.4 is 0 Å². The molecule has 0 rings (SSSR count). The number of ketones is 1. The molecule has 0 aromatic rings. The topological polar surface area (TPSA) is 69.7 Å². The number of hydrogen-bond acceptors (Lipinski definition) is 5. The summed E-state index contributed by atoms with van der Waals surface area (Å²) >= 11 is 0. The summed E-state index contributed by atoms with van der Waals surface area (Å²) in [6.07, 6.45) is 2.71. The van der Waals surface area contributed by atoms with Gasteiger partial charge in [0, 0.05) is 6.08 Å². The molecule has 5 heteroatoms. The van der Waals surface area contributed by atoms with E-state index in [-0.39, 0.29) is 12.2 Å². The van der Waals surface area contributed by atoms with Gasteiger partial charge in [-0.1, -0.05) is 6.08 Å². The van der Waals surface area contributed by atoms with E-state index in [9.17, 15) is 14.4 Å². The van der Waals surface area contributed by atoms with Crippen LogP contribution in [0, 0.1) is 5.92 Å². The second-order valence-electron chi connectivity index (χ2n) is 2.85. The predicted molar refractivity (Wildman–Crippen MR) is 52.0 cm³/mol. The molecule has 1 unspecified atom stereocenters. The van der Waals surface area contributed by atoms with Gasteiger partial charge in [0.1, 0.15) is 11.7 Å². The highest BCUT2D eigenvalue weighted by atomic mass is 16.5. The monoisotopic (exact) mass is 214 g/mol. The average Bonchev–Trinajstić information content (AvgIpc) is 2.22. The van der Waals surface area contributed by atoms with Crippen molar-refractivity contribution in [3.8, 4) is 0 Å². The lowest BCUT2D eigenvalue weighted by atomic mass is 10.0. The van der Waals surface area contributed by atoms with Gasteiger partial charge in [-0.2, -0.15) is 0 Å². The molecule has 0 saturated heterocycles. The third-order valence-electron chi connectivity index (χ3n) is 1.80. The van der Waals surface area contributed by atoms with Crippen LogP contribution in [0.15, 0.2) is 12.2 Å². The SMILES string of the molecule is COC(=O)/C=C/CC(C(C)=O)C(=O)OC. The molecule has 0 radical (unpaired) electrons. The number of rotatable bonds is 5. The average molecular weight is 214 g/mol. The van der Waals surface area contributed by atoms with Gasteiger partial charge in [-0.3, -0.25) is 9.59 Å². The Kier molecular flexibility index (Phi) is 6.01. The van der Waals surface area contributed by atoms with Crippen molar-refractivity contribution in [1.82, 2.24) is 0 Å². The minimum Gasteiger partial charge on any atom is -0.468 e. The number of esters is 2. The van der Waals surface area contributed by atoms with Crippen molar-refractivity contribution in [3.63, 3.8) is 0 Å². The second-order valence-corrected chi connectivity index (χ2v) is 2.85. The Labute approximate surface area is 88.0 Å². The van der Waals surface area contributed by atoms with Crippen molar-refractivity contribution in [1.29, 1.82) is 0 Å².